The maximum absolute atomic E-state index is 12.4. The molecule has 1 saturated carbocycles. The van der Waals surface area contributed by atoms with E-state index in [2.05, 4.69) is 5.32 Å². The van der Waals surface area contributed by atoms with Gasteiger partial charge in [0.15, 0.2) is 0 Å². The minimum atomic E-state index is -4.18. The maximum Gasteiger partial charge on any atom is 0.391 e. The summed E-state index contributed by atoms with van der Waals surface area (Å²) in [5.74, 6) is -2.07. The van der Waals surface area contributed by atoms with E-state index < -0.39 is 23.4 Å². The number of nitrogens with one attached hydrogen (secondary N) is 1. The van der Waals surface area contributed by atoms with Crippen molar-refractivity contribution in [2.45, 2.75) is 38.3 Å². The molecule has 0 radical (unpaired) electrons. The number of carbonyl (C=O) groups is 2. The van der Waals surface area contributed by atoms with Gasteiger partial charge in [-0.2, -0.15) is 13.2 Å². The van der Waals surface area contributed by atoms with Crippen molar-refractivity contribution in [3.63, 3.8) is 0 Å². The van der Waals surface area contributed by atoms with Crippen LogP contribution in [0.25, 0.3) is 0 Å². The average molecular weight is 235 g/mol. The average Bonchev–Trinajstić information content (AvgIpc) is 2.41. The van der Waals surface area contributed by atoms with Crippen LogP contribution >= 0.6 is 0 Å². The van der Waals surface area contributed by atoms with Crippen LogP contribution in [0.3, 0.4) is 0 Å². The topological polar surface area (TPSA) is 46.2 Å². The zero-order chi connectivity index (χ0) is 12.0. The van der Waals surface area contributed by atoms with E-state index in [4.69, 9.17) is 0 Å². The van der Waals surface area contributed by atoms with Crippen molar-refractivity contribution in [2.24, 2.45) is 11.3 Å². The summed E-state index contributed by atoms with van der Waals surface area (Å²) in [6.45, 7) is 0. The zero-order valence-corrected chi connectivity index (χ0v) is 8.56. The number of halogens is 3. The third kappa shape index (κ3) is 1.81. The predicted molar refractivity (Wildman–Crippen MR) is 48.2 cm³/mol. The molecule has 1 spiro atoms. The Kier molecular flexibility index (Phi) is 2.47. The smallest absolute Gasteiger partial charge is 0.296 e. The van der Waals surface area contributed by atoms with Crippen LogP contribution in [0.5, 0.6) is 0 Å². The first-order valence-corrected chi connectivity index (χ1v) is 5.24. The maximum atomic E-state index is 12.4. The second-order valence-electron chi connectivity index (χ2n) is 4.65. The molecule has 0 aromatic rings. The lowest BCUT2D eigenvalue weighted by molar-refractivity contribution is -0.188. The van der Waals surface area contributed by atoms with Gasteiger partial charge >= 0.3 is 6.18 Å². The number of rotatable bonds is 0. The highest BCUT2D eigenvalue weighted by atomic mass is 19.4. The van der Waals surface area contributed by atoms with Crippen molar-refractivity contribution >= 4 is 11.8 Å². The number of hydrogen-bond acceptors (Lipinski definition) is 2. The summed E-state index contributed by atoms with van der Waals surface area (Å²) < 4.78 is 37.3. The standard InChI is InChI=1S/C10H12F3NO2/c11-10(12,13)6-1-3-9(4-2-6)5-7(15)14-8(9)16/h6H,1-5H2,(H,14,15,16). The fourth-order valence-electron chi connectivity index (χ4n) is 2.59. The lowest BCUT2D eigenvalue weighted by Gasteiger charge is -2.34. The van der Waals surface area contributed by atoms with Crippen LogP contribution < -0.4 is 5.32 Å². The SMILES string of the molecule is O=C1CC2(CCC(C(F)(F)F)CC2)C(=O)N1. The van der Waals surface area contributed by atoms with E-state index >= 15 is 0 Å². The van der Waals surface area contributed by atoms with E-state index in [1.807, 2.05) is 0 Å². The van der Waals surface area contributed by atoms with E-state index in [1.165, 1.54) is 0 Å². The van der Waals surface area contributed by atoms with E-state index in [0.717, 1.165) is 0 Å². The van der Waals surface area contributed by atoms with Crippen molar-refractivity contribution in [3.05, 3.63) is 0 Å². The van der Waals surface area contributed by atoms with Gasteiger partial charge in [0.05, 0.1) is 11.3 Å². The molecule has 2 amide bonds. The molecule has 1 aliphatic heterocycles. The van der Waals surface area contributed by atoms with Crippen molar-refractivity contribution < 1.29 is 22.8 Å². The molecule has 1 heterocycles. The van der Waals surface area contributed by atoms with Crippen molar-refractivity contribution in [3.8, 4) is 0 Å². The molecule has 1 saturated heterocycles. The molecule has 3 nitrogen and oxygen atoms in total. The van der Waals surface area contributed by atoms with Crippen LogP contribution in [-0.4, -0.2) is 18.0 Å². The third-order valence-electron chi connectivity index (χ3n) is 3.64. The first-order valence-electron chi connectivity index (χ1n) is 5.24. The van der Waals surface area contributed by atoms with Crippen LogP contribution in [0.2, 0.25) is 0 Å². The van der Waals surface area contributed by atoms with Crippen LogP contribution in [0.4, 0.5) is 13.2 Å². The van der Waals surface area contributed by atoms with Crippen LogP contribution in [0, 0.1) is 11.3 Å². The van der Waals surface area contributed by atoms with Crippen molar-refractivity contribution in [1.82, 2.24) is 5.32 Å². The van der Waals surface area contributed by atoms with Gasteiger partial charge in [0, 0.05) is 6.42 Å². The summed E-state index contributed by atoms with van der Waals surface area (Å²) in [6.07, 6.45) is -3.91. The first-order chi connectivity index (χ1) is 7.33. The Morgan fingerprint density at radius 1 is 1.19 bits per heavy atom. The van der Waals surface area contributed by atoms with Crippen LogP contribution in [0.15, 0.2) is 0 Å². The summed E-state index contributed by atoms with van der Waals surface area (Å²) in [4.78, 5) is 22.6. The summed E-state index contributed by atoms with van der Waals surface area (Å²) in [5.41, 5.74) is -0.848. The molecule has 1 aliphatic carbocycles. The van der Waals surface area contributed by atoms with E-state index in [0.29, 0.717) is 0 Å². The summed E-state index contributed by atoms with van der Waals surface area (Å²) in [5, 5.41) is 2.17. The van der Waals surface area contributed by atoms with Gasteiger partial charge in [-0.05, 0) is 25.7 Å². The molecule has 2 fully saturated rings. The van der Waals surface area contributed by atoms with E-state index in [1.54, 1.807) is 0 Å². The monoisotopic (exact) mass is 235 g/mol. The minimum absolute atomic E-state index is 0.0514. The lowest BCUT2D eigenvalue weighted by atomic mass is 9.69. The number of imide groups is 1. The summed E-state index contributed by atoms with van der Waals surface area (Å²) in [7, 11) is 0. The van der Waals surface area contributed by atoms with Gasteiger partial charge in [0.1, 0.15) is 0 Å². The van der Waals surface area contributed by atoms with Crippen molar-refractivity contribution in [2.75, 3.05) is 0 Å². The van der Waals surface area contributed by atoms with Gasteiger partial charge in [0.2, 0.25) is 11.8 Å². The molecule has 2 rings (SSSR count). The minimum Gasteiger partial charge on any atom is -0.296 e. The van der Waals surface area contributed by atoms with Gasteiger partial charge < -0.3 is 0 Å². The van der Waals surface area contributed by atoms with Crippen LogP contribution in [0.1, 0.15) is 32.1 Å². The molecule has 0 aromatic carbocycles. The van der Waals surface area contributed by atoms with Gasteiger partial charge in [-0.1, -0.05) is 0 Å². The molecule has 0 bridgehead atoms. The quantitative estimate of drug-likeness (QED) is 0.650. The molecule has 2 aliphatic rings. The fraction of sp³-hybridized carbons (Fsp3) is 0.800. The normalized spacial score (nSPS) is 35.6. The molecule has 16 heavy (non-hydrogen) atoms. The third-order valence-corrected chi connectivity index (χ3v) is 3.64. The van der Waals surface area contributed by atoms with E-state index in [-0.39, 0.29) is 38.0 Å². The molecule has 0 unspecified atom stereocenters. The van der Waals surface area contributed by atoms with Gasteiger partial charge in [0.25, 0.3) is 0 Å². The number of amides is 2. The molecule has 0 atom stereocenters. The molecule has 0 aromatic heterocycles. The molecule has 1 N–H and O–H groups in total. The summed E-state index contributed by atoms with van der Waals surface area (Å²) >= 11 is 0. The highest BCUT2D eigenvalue weighted by Gasteiger charge is 2.52. The Morgan fingerprint density at radius 2 is 1.75 bits per heavy atom. The predicted octanol–water partition coefficient (Wildman–Crippen LogP) is 1.77. The summed E-state index contributed by atoms with van der Waals surface area (Å²) in [6, 6.07) is 0. The number of hydrogen-bond donors (Lipinski definition) is 1. The molecular formula is C10H12F3NO2. The largest absolute Gasteiger partial charge is 0.391 e. The number of alkyl halides is 3. The molecule has 90 valence electrons. The van der Waals surface area contributed by atoms with Gasteiger partial charge in [-0.15, -0.1) is 0 Å². The highest BCUT2D eigenvalue weighted by molar-refractivity contribution is 6.05. The Balaban J connectivity index is 2.05. The van der Waals surface area contributed by atoms with Crippen molar-refractivity contribution in [1.29, 1.82) is 0 Å². The zero-order valence-electron chi connectivity index (χ0n) is 8.56. The fourth-order valence-corrected chi connectivity index (χ4v) is 2.59. The van der Waals surface area contributed by atoms with Gasteiger partial charge in [-0.3, -0.25) is 14.9 Å². The first kappa shape index (κ1) is 11.4. The van der Waals surface area contributed by atoms with Crippen LogP contribution in [-0.2, 0) is 9.59 Å². The molecule has 6 heteroatoms. The Morgan fingerprint density at radius 3 is 2.12 bits per heavy atom. The Labute approximate surface area is 90.4 Å². The second-order valence-corrected chi connectivity index (χ2v) is 4.65. The number of carbonyl (C=O) groups excluding carboxylic acids is 2. The highest BCUT2D eigenvalue weighted by Crippen LogP contribution is 2.48. The van der Waals surface area contributed by atoms with Gasteiger partial charge in [-0.25, -0.2) is 0 Å². The Hall–Kier alpha value is -1.07. The lowest BCUT2D eigenvalue weighted by Crippen LogP contribution is -2.38. The Bertz CT molecular complexity index is 329. The molecular weight excluding hydrogens is 223 g/mol. The van der Waals surface area contributed by atoms with E-state index in [9.17, 15) is 22.8 Å². The second kappa shape index (κ2) is 3.46.